The van der Waals surface area contributed by atoms with Gasteiger partial charge in [0.2, 0.25) is 0 Å². The van der Waals surface area contributed by atoms with Gasteiger partial charge in [-0.15, -0.1) is 0 Å². The number of benzene rings is 2. The quantitative estimate of drug-likeness (QED) is 0.806. The van der Waals surface area contributed by atoms with Gasteiger partial charge in [-0.25, -0.2) is 0 Å². The van der Waals surface area contributed by atoms with Crippen LogP contribution < -0.4 is 4.74 Å². The van der Waals surface area contributed by atoms with Crippen molar-refractivity contribution in [1.29, 1.82) is 0 Å². The summed E-state index contributed by atoms with van der Waals surface area (Å²) in [4.78, 5) is 12.2. The topological polar surface area (TPSA) is 26.3 Å². The van der Waals surface area contributed by atoms with Crippen molar-refractivity contribution in [3.63, 3.8) is 0 Å². The van der Waals surface area contributed by atoms with Crippen molar-refractivity contribution in [3.8, 4) is 5.75 Å². The van der Waals surface area contributed by atoms with Crippen LogP contribution in [0.25, 0.3) is 0 Å². The highest BCUT2D eigenvalue weighted by Gasteiger charge is 2.14. The second kappa shape index (κ2) is 5.15. The number of rotatable bonds is 3. The molecule has 2 aromatic carbocycles. The summed E-state index contributed by atoms with van der Waals surface area (Å²) in [6.07, 6.45) is 0. The summed E-state index contributed by atoms with van der Waals surface area (Å²) in [7, 11) is 1.58. The molecule has 0 unspecified atom stereocenters. The fourth-order valence-electron chi connectivity index (χ4n) is 1.59. The lowest BCUT2D eigenvalue weighted by Crippen LogP contribution is -2.02. The third-order valence-corrected chi connectivity index (χ3v) is 3.28. The van der Waals surface area contributed by atoms with Crippen LogP contribution in [-0.2, 0) is 0 Å². The number of methoxy groups -OCH3 is 1. The largest absolute Gasteiger partial charge is 0.496 e. The van der Waals surface area contributed by atoms with E-state index in [2.05, 4.69) is 15.9 Å². The normalized spacial score (nSPS) is 10.0. The summed E-state index contributed by atoms with van der Waals surface area (Å²) in [6.45, 7) is 0. The average Bonchev–Trinajstić information content (AvgIpc) is 2.39. The minimum atomic E-state index is -0.0172. The Bertz CT molecular complexity index is 535. The minimum Gasteiger partial charge on any atom is -0.496 e. The Morgan fingerprint density at radius 2 is 1.76 bits per heavy atom. The van der Waals surface area contributed by atoms with E-state index in [0.29, 0.717) is 21.3 Å². The van der Waals surface area contributed by atoms with E-state index in [9.17, 15) is 4.79 Å². The summed E-state index contributed by atoms with van der Waals surface area (Å²) in [5, 5.41) is 0. The van der Waals surface area contributed by atoms with Crippen LogP contribution in [-0.4, -0.2) is 12.9 Å². The number of halogens is 1. The summed E-state index contributed by atoms with van der Waals surface area (Å²) in [5.41, 5.74) is 1.28. The van der Waals surface area contributed by atoms with Crippen LogP contribution in [0.1, 0.15) is 15.9 Å². The Kier molecular flexibility index (Phi) is 3.59. The predicted molar refractivity (Wildman–Crippen MR) is 70.6 cm³/mol. The molecule has 0 radical (unpaired) electrons. The molecule has 0 saturated carbocycles. The Balaban J connectivity index is 2.45. The zero-order valence-corrected chi connectivity index (χ0v) is 10.9. The molecule has 0 aromatic heterocycles. The highest BCUT2D eigenvalue weighted by atomic mass is 79.9. The number of hydrogen-bond donors (Lipinski definition) is 0. The molecule has 2 aromatic rings. The molecule has 0 N–H and O–H groups in total. The van der Waals surface area contributed by atoms with Crippen LogP contribution in [0, 0.1) is 0 Å². The van der Waals surface area contributed by atoms with E-state index in [4.69, 9.17) is 4.74 Å². The molecule has 86 valence electrons. The molecule has 0 fully saturated rings. The summed E-state index contributed by atoms with van der Waals surface area (Å²) in [5.74, 6) is 0.642. The van der Waals surface area contributed by atoms with Crippen molar-refractivity contribution in [2.24, 2.45) is 0 Å². The standard InChI is InChI=1S/C14H11BrO2/c1-17-12-9-5-8-11(13(12)15)14(16)10-6-3-2-4-7-10/h2-9H,1H3. The first-order valence-corrected chi connectivity index (χ1v) is 5.95. The van der Waals surface area contributed by atoms with E-state index in [-0.39, 0.29) is 5.78 Å². The lowest BCUT2D eigenvalue weighted by Gasteiger charge is -2.07. The molecular weight excluding hydrogens is 280 g/mol. The van der Waals surface area contributed by atoms with Crippen LogP contribution >= 0.6 is 15.9 Å². The zero-order valence-electron chi connectivity index (χ0n) is 9.31. The number of carbonyl (C=O) groups is 1. The molecule has 17 heavy (non-hydrogen) atoms. The highest BCUT2D eigenvalue weighted by Crippen LogP contribution is 2.29. The van der Waals surface area contributed by atoms with E-state index in [1.54, 1.807) is 31.4 Å². The smallest absolute Gasteiger partial charge is 0.194 e. The summed E-state index contributed by atoms with van der Waals surface area (Å²) >= 11 is 3.39. The number of hydrogen-bond acceptors (Lipinski definition) is 2. The van der Waals surface area contributed by atoms with E-state index in [1.807, 2.05) is 24.3 Å². The zero-order chi connectivity index (χ0) is 12.3. The maximum absolute atomic E-state index is 12.2. The molecule has 2 nitrogen and oxygen atoms in total. The maximum Gasteiger partial charge on any atom is 0.194 e. The van der Waals surface area contributed by atoms with Gasteiger partial charge in [-0.05, 0) is 28.1 Å². The van der Waals surface area contributed by atoms with Crippen LogP contribution in [0.15, 0.2) is 53.0 Å². The van der Waals surface area contributed by atoms with Gasteiger partial charge >= 0.3 is 0 Å². The van der Waals surface area contributed by atoms with E-state index < -0.39 is 0 Å². The predicted octanol–water partition coefficient (Wildman–Crippen LogP) is 3.69. The molecular formula is C14H11BrO2. The Hall–Kier alpha value is -1.61. The maximum atomic E-state index is 12.2. The number of ketones is 1. The van der Waals surface area contributed by atoms with Gasteiger partial charge in [-0.1, -0.05) is 36.4 Å². The number of ether oxygens (including phenoxy) is 1. The molecule has 0 heterocycles. The molecule has 0 atom stereocenters. The Morgan fingerprint density at radius 3 is 2.41 bits per heavy atom. The molecule has 0 aliphatic heterocycles. The van der Waals surface area contributed by atoms with E-state index in [1.165, 1.54) is 0 Å². The van der Waals surface area contributed by atoms with E-state index in [0.717, 1.165) is 0 Å². The molecule has 0 bridgehead atoms. The molecule has 0 spiro atoms. The van der Waals surface area contributed by atoms with Crippen LogP contribution in [0.4, 0.5) is 0 Å². The third kappa shape index (κ3) is 2.39. The fourth-order valence-corrected chi connectivity index (χ4v) is 2.20. The Labute approximate surface area is 108 Å². The molecule has 0 saturated heterocycles. The monoisotopic (exact) mass is 290 g/mol. The van der Waals surface area contributed by atoms with Gasteiger partial charge < -0.3 is 4.74 Å². The van der Waals surface area contributed by atoms with Crippen molar-refractivity contribution < 1.29 is 9.53 Å². The molecule has 2 rings (SSSR count). The first-order valence-electron chi connectivity index (χ1n) is 5.16. The number of carbonyl (C=O) groups excluding carboxylic acids is 1. The van der Waals surface area contributed by atoms with Crippen molar-refractivity contribution in [2.45, 2.75) is 0 Å². The second-order valence-electron chi connectivity index (χ2n) is 3.52. The summed E-state index contributed by atoms with van der Waals surface area (Å²) < 4.78 is 5.86. The molecule has 0 aliphatic rings. The van der Waals surface area contributed by atoms with Gasteiger partial charge in [0, 0.05) is 11.1 Å². The second-order valence-corrected chi connectivity index (χ2v) is 4.31. The van der Waals surface area contributed by atoms with Crippen molar-refractivity contribution >= 4 is 21.7 Å². The minimum absolute atomic E-state index is 0.0172. The van der Waals surface area contributed by atoms with Gasteiger partial charge in [0.1, 0.15) is 5.75 Å². The Morgan fingerprint density at radius 1 is 1.06 bits per heavy atom. The fraction of sp³-hybridized carbons (Fsp3) is 0.0714. The van der Waals surface area contributed by atoms with Gasteiger partial charge in [0.05, 0.1) is 11.6 Å². The van der Waals surface area contributed by atoms with Gasteiger partial charge in [0.25, 0.3) is 0 Å². The van der Waals surface area contributed by atoms with Crippen molar-refractivity contribution in [2.75, 3.05) is 7.11 Å². The summed E-state index contributed by atoms with van der Waals surface area (Å²) in [6, 6.07) is 14.6. The highest BCUT2D eigenvalue weighted by molar-refractivity contribution is 9.10. The van der Waals surface area contributed by atoms with E-state index >= 15 is 0 Å². The third-order valence-electron chi connectivity index (χ3n) is 2.46. The van der Waals surface area contributed by atoms with Crippen LogP contribution in [0.3, 0.4) is 0 Å². The molecule has 0 aliphatic carbocycles. The van der Waals surface area contributed by atoms with Crippen molar-refractivity contribution in [3.05, 3.63) is 64.1 Å². The lowest BCUT2D eigenvalue weighted by atomic mass is 10.0. The molecule has 3 heteroatoms. The van der Waals surface area contributed by atoms with Crippen molar-refractivity contribution in [1.82, 2.24) is 0 Å². The average molecular weight is 291 g/mol. The molecule has 0 amide bonds. The lowest BCUT2D eigenvalue weighted by molar-refractivity contribution is 0.103. The van der Waals surface area contributed by atoms with Crippen LogP contribution in [0.5, 0.6) is 5.75 Å². The SMILES string of the molecule is COc1cccc(C(=O)c2ccccc2)c1Br. The van der Waals surface area contributed by atoms with Crippen LogP contribution in [0.2, 0.25) is 0 Å². The first kappa shape index (κ1) is 11.9. The first-order chi connectivity index (χ1) is 8.24. The van der Waals surface area contributed by atoms with Gasteiger partial charge in [-0.3, -0.25) is 4.79 Å². The van der Waals surface area contributed by atoms with Gasteiger partial charge in [-0.2, -0.15) is 0 Å². The van der Waals surface area contributed by atoms with Gasteiger partial charge in [0.15, 0.2) is 5.78 Å².